The smallest absolute Gasteiger partial charge is 0.311 e. The van der Waals surface area contributed by atoms with Crippen molar-refractivity contribution in [3.05, 3.63) is 11.3 Å². The Hall–Kier alpha value is -1.55. The lowest BCUT2D eigenvalue weighted by Crippen LogP contribution is -2.60. The Balaban J connectivity index is 2.24. The van der Waals surface area contributed by atoms with E-state index in [2.05, 4.69) is 5.48 Å². The van der Waals surface area contributed by atoms with Crippen LogP contribution in [-0.2, 0) is 47.5 Å². The summed E-state index contributed by atoms with van der Waals surface area (Å²) >= 11 is 0. The second-order valence-electron chi connectivity index (χ2n) is 17.6. The van der Waals surface area contributed by atoms with Crippen LogP contribution in [0, 0.1) is 17.8 Å². The van der Waals surface area contributed by atoms with Crippen LogP contribution < -0.4 is 5.48 Å². The number of nitrogens with zero attached hydrogens (tertiary/aromatic N) is 1. The molecule has 17 heteroatoms. The number of nitrogens with one attached hydrogen (secondary N) is 1. The number of aliphatic hydroxyl groups excluding tert-OH is 3. The number of hydroxylamine groups is 1. The molecule has 0 radical (unpaired) electrons. The van der Waals surface area contributed by atoms with Crippen molar-refractivity contribution >= 4 is 5.97 Å². The van der Waals surface area contributed by atoms with E-state index in [-0.39, 0.29) is 44.8 Å². The van der Waals surface area contributed by atoms with Crippen LogP contribution in [0.5, 0.6) is 0 Å². The molecule has 0 aromatic rings. The van der Waals surface area contributed by atoms with E-state index < -0.39 is 95.8 Å². The van der Waals surface area contributed by atoms with Crippen molar-refractivity contribution in [3.63, 3.8) is 0 Å². The van der Waals surface area contributed by atoms with Crippen LogP contribution in [0.2, 0.25) is 0 Å². The van der Waals surface area contributed by atoms with Crippen LogP contribution in [0.15, 0.2) is 11.3 Å². The zero-order chi connectivity index (χ0) is 43.9. The third kappa shape index (κ3) is 12.1. The molecule has 1 unspecified atom stereocenters. The second kappa shape index (κ2) is 21.5. The summed E-state index contributed by atoms with van der Waals surface area (Å²) in [5.74, 6) is -3.50. The molecule has 3 rings (SSSR count). The fraction of sp³-hybridized carbons (Fsp3) is 0.927. The van der Waals surface area contributed by atoms with Crippen LogP contribution in [0.1, 0.15) is 94.9 Å². The van der Waals surface area contributed by atoms with E-state index in [1.165, 1.54) is 14.0 Å². The molecule has 2 fully saturated rings. The SMILES string of the molecule is CC[C@H]1OC(=O)[C@H](C)[C@@H](O[C@H]2C[C@@](C)(OC)[C@@H](O)[C@H](C)O2)[C@H](C)[C@@H](O[C@@H]2O[C@H](C)C[C@H](N(C)C)[C@H]2O)[C@](C)(O)CC(C)=C(NOCOCCOC)C(C)[C@@H](O)[C@]1(C)O. The van der Waals surface area contributed by atoms with Crippen LogP contribution >= 0.6 is 0 Å². The van der Waals surface area contributed by atoms with Gasteiger partial charge >= 0.3 is 5.97 Å². The van der Waals surface area contributed by atoms with Gasteiger partial charge in [0.05, 0.1) is 60.9 Å². The minimum Gasteiger partial charge on any atom is -0.459 e. The van der Waals surface area contributed by atoms with Crippen LogP contribution in [0.4, 0.5) is 0 Å². The van der Waals surface area contributed by atoms with Gasteiger partial charge in [-0.15, -0.1) is 0 Å². The number of cyclic esters (lactones) is 1. The van der Waals surface area contributed by atoms with Gasteiger partial charge in [-0.05, 0) is 81.0 Å². The van der Waals surface area contributed by atoms with E-state index in [0.717, 1.165) is 0 Å². The molecule has 0 bridgehead atoms. The minimum atomic E-state index is -1.96. The van der Waals surface area contributed by atoms with Crippen molar-refractivity contribution < 1.29 is 73.1 Å². The maximum Gasteiger partial charge on any atom is 0.311 e. The first kappa shape index (κ1) is 50.8. The van der Waals surface area contributed by atoms with Gasteiger partial charge in [-0.3, -0.25) is 10.3 Å². The summed E-state index contributed by atoms with van der Waals surface area (Å²) in [4.78, 5) is 21.9. The van der Waals surface area contributed by atoms with Crippen LogP contribution in [0.25, 0.3) is 0 Å². The average Bonchev–Trinajstić information content (AvgIpc) is 3.15. The number of hydrogen-bond acceptors (Lipinski definition) is 17. The van der Waals surface area contributed by atoms with Gasteiger partial charge in [0, 0.05) is 50.6 Å². The van der Waals surface area contributed by atoms with E-state index >= 15 is 0 Å². The molecule has 0 aliphatic carbocycles. The molecule has 3 aliphatic rings. The summed E-state index contributed by atoms with van der Waals surface area (Å²) in [7, 11) is 6.76. The lowest BCUT2D eigenvalue weighted by Gasteiger charge is -2.49. The first-order valence-electron chi connectivity index (χ1n) is 20.6. The second-order valence-corrected chi connectivity index (χ2v) is 17.6. The molecule has 17 atom stereocenters. The number of carbonyl (C=O) groups is 1. The molecule has 0 saturated carbocycles. The van der Waals surface area contributed by atoms with Gasteiger partial charge in [-0.1, -0.05) is 20.8 Å². The van der Waals surface area contributed by atoms with Gasteiger partial charge in [0.15, 0.2) is 19.4 Å². The molecule has 17 nitrogen and oxygen atoms in total. The molecular weight excluding hydrogens is 760 g/mol. The Morgan fingerprint density at radius 1 is 0.931 bits per heavy atom. The van der Waals surface area contributed by atoms with E-state index in [4.69, 9.17) is 42.7 Å². The topological polar surface area (TPSA) is 217 Å². The first-order valence-corrected chi connectivity index (χ1v) is 20.6. The normalized spacial score (nSPS) is 43.9. The molecule has 0 aromatic heterocycles. The van der Waals surface area contributed by atoms with Crippen molar-refractivity contribution in [1.29, 1.82) is 0 Å². The van der Waals surface area contributed by atoms with Crippen LogP contribution in [-0.4, -0.2) is 169 Å². The Morgan fingerprint density at radius 3 is 2.17 bits per heavy atom. The maximum absolute atomic E-state index is 14.3. The fourth-order valence-corrected chi connectivity index (χ4v) is 8.78. The van der Waals surface area contributed by atoms with Gasteiger partial charge < -0.3 is 68.3 Å². The number of ether oxygens (including phenoxy) is 8. The standard InChI is InChI=1S/C41H76N2O15/c1-15-29-41(10,49)34(45)24(4)31(42-53-21-52-17-16-50-13)22(2)19-39(8,48)36(58-38-32(44)28(43(11)12)18-23(3)54-38)25(5)33(26(6)37(47)56-29)57-30-20-40(9,51-14)35(46)27(7)55-30/h23-30,32-36,38,42,44-46,48-49H,15-21H2,1-14H3/t23-,24?,25+,26-,27+,28+,29-,30+,32-,33+,34-,35+,36-,38+,39-,40-,41-/m1/s1. The Labute approximate surface area is 345 Å². The van der Waals surface area contributed by atoms with Gasteiger partial charge in [-0.2, -0.15) is 0 Å². The zero-order valence-electron chi connectivity index (χ0n) is 37.3. The summed E-state index contributed by atoms with van der Waals surface area (Å²) in [5, 5.41) is 59.2. The first-order chi connectivity index (χ1) is 27.0. The molecular formula is C41H76N2O15. The highest BCUT2D eigenvalue weighted by Crippen LogP contribution is 2.41. The molecule has 0 amide bonds. The molecule has 0 aromatic carbocycles. The molecule has 6 N–H and O–H groups in total. The predicted molar refractivity (Wildman–Crippen MR) is 212 cm³/mol. The van der Waals surface area contributed by atoms with Gasteiger partial charge in [0.2, 0.25) is 0 Å². The highest BCUT2D eigenvalue weighted by atomic mass is 16.8. The largest absolute Gasteiger partial charge is 0.459 e. The number of rotatable bonds is 14. The van der Waals surface area contributed by atoms with E-state index in [1.54, 1.807) is 62.5 Å². The molecule has 2 saturated heterocycles. The number of methoxy groups -OCH3 is 2. The minimum absolute atomic E-state index is 0.0828. The van der Waals surface area contributed by atoms with Gasteiger partial charge in [0.25, 0.3) is 0 Å². The summed E-state index contributed by atoms with van der Waals surface area (Å²) < 4.78 is 48.2. The number of aliphatic hydroxyl groups is 5. The summed E-state index contributed by atoms with van der Waals surface area (Å²) in [6.45, 7) is 17.3. The number of likely N-dealkylation sites (N-methyl/N-ethyl adjacent to an activating group) is 1. The van der Waals surface area contributed by atoms with Crippen LogP contribution in [0.3, 0.4) is 0 Å². The predicted octanol–water partition coefficient (Wildman–Crippen LogP) is 2.00. The van der Waals surface area contributed by atoms with Gasteiger partial charge in [-0.25, -0.2) is 4.84 Å². The average molecular weight is 837 g/mol. The third-order valence-corrected chi connectivity index (χ3v) is 12.5. The number of hydrogen-bond donors (Lipinski definition) is 6. The molecule has 3 heterocycles. The summed E-state index contributed by atoms with van der Waals surface area (Å²) in [5.41, 5.74) is -1.03. The lowest BCUT2D eigenvalue weighted by atomic mass is 9.76. The lowest BCUT2D eigenvalue weighted by molar-refractivity contribution is -0.317. The molecule has 3 aliphatic heterocycles. The van der Waals surface area contributed by atoms with Crippen molar-refractivity contribution in [3.8, 4) is 0 Å². The van der Waals surface area contributed by atoms with Crippen molar-refractivity contribution in [2.24, 2.45) is 17.8 Å². The maximum atomic E-state index is 14.3. The molecule has 58 heavy (non-hydrogen) atoms. The molecule has 0 spiro atoms. The highest BCUT2D eigenvalue weighted by Gasteiger charge is 2.52. The highest BCUT2D eigenvalue weighted by molar-refractivity contribution is 5.73. The Morgan fingerprint density at radius 2 is 1.59 bits per heavy atom. The fourth-order valence-electron chi connectivity index (χ4n) is 8.78. The van der Waals surface area contributed by atoms with E-state index in [9.17, 15) is 30.3 Å². The Bertz CT molecular complexity index is 1320. The molecule has 340 valence electrons. The summed E-state index contributed by atoms with van der Waals surface area (Å²) in [6.07, 6.45) is -9.54. The Kier molecular flexibility index (Phi) is 18.8. The van der Waals surface area contributed by atoms with E-state index in [1.807, 2.05) is 25.9 Å². The monoisotopic (exact) mass is 837 g/mol. The van der Waals surface area contributed by atoms with Crippen molar-refractivity contribution in [1.82, 2.24) is 10.4 Å². The van der Waals surface area contributed by atoms with Crippen molar-refractivity contribution in [2.75, 3.05) is 48.3 Å². The van der Waals surface area contributed by atoms with Crippen molar-refractivity contribution in [2.45, 2.75) is 179 Å². The third-order valence-electron chi connectivity index (χ3n) is 12.5. The number of carbonyl (C=O) groups excluding carboxylic acids is 1. The summed E-state index contributed by atoms with van der Waals surface area (Å²) in [6, 6.07) is -0.328. The quantitative estimate of drug-likeness (QED) is 0.0639. The zero-order valence-corrected chi connectivity index (χ0v) is 37.3. The van der Waals surface area contributed by atoms with Gasteiger partial charge in [0.1, 0.15) is 23.9 Å². The van der Waals surface area contributed by atoms with E-state index in [0.29, 0.717) is 24.3 Å². The number of esters is 1.